The molecule has 7 nitrogen and oxygen atoms in total. The van der Waals surface area contributed by atoms with Crippen molar-refractivity contribution in [3.05, 3.63) is 34.0 Å². The first-order valence-corrected chi connectivity index (χ1v) is 8.83. The van der Waals surface area contributed by atoms with Gasteiger partial charge in [0.1, 0.15) is 16.9 Å². The van der Waals surface area contributed by atoms with Crippen LogP contribution in [0.4, 0.5) is 10.8 Å². The summed E-state index contributed by atoms with van der Waals surface area (Å²) in [5, 5.41) is 23.2. The van der Waals surface area contributed by atoms with Crippen LogP contribution in [0.15, 0.2) is 12.1 Å². The van der Waals surface area contributed by atoms with Crippen LogP contribution >= 0.6 is 11.3 Å². The number of nitriles is 1. The van der Waals surface area contributed by atoms with Crippen LogP contribution in [-0.4, -0.2) is 26.4 Å². The van der Waals surface area contributed by atoms with E-state index < -0.39 is 0 Å². The number of hydrogen-bond acceptors (Lipinski definition) is 7. The van der Waals surface area contributed by atoms with Crippen molar-refractivity contribution in [3.8, 4) is 6.07 Å². The van der Waals surface area contributed by atoms with Crippen molar-refractivity contribution in [1.29, 1.82) is 5.26 Å². The van der Waals surface area contributed by atoms with Crippen molar-refractivity contribution in [2.45, 2.75) is 31.7 Å². The van der Waals surface area contributed by atoms with Gasteiger partial charge in [-0.05, 0) is 37.0 Å². The van der Waals surface area contributed by atoms with Crippen molar-refractivity contribution < 1.29 is 0 Å². The van der Waals surface area contributed by atoms with Gasteiger partial charge in [-0.2, -0.15) is 9.78 Å². The summed E-state index contributed by atoms with van der Waals surface area (Å²) in [4.78, 5) is 3.40. The molecule has 1 aliphatic carbocycles. The Kier molecular flexibility index (Phi) is 2.82. The van der Waals surface area contributed by atoms with E-state index in [0.29, 0.717) is 16.5 Å². The number of hydrogen-bond donors (Lipinski definition) is 1. The lowest BCUT2D eigenvalue weighted by Crippen LogP contribution is -2.30. The van der Waals surface area contributed by atoms with Crippen LogP contribution in [0.1, 0.15) is 40.6 Å². The Hall–Kier alpha value is -2.66. The zero-order chi connectivity index (χ0) is 16.3. The summed E-state index contributed by atoms with van der Waals surface area (Å²) in [6, 6.07) is 6.20. The monoisotopic (exact) mass is 337 g/mol. The number of rotatable bonds is 2. The van der Waals surface area contributed by atoms with Crippen molar-refractivity contribution in [2.75, 3.05) is 17.2 Å². The molecule has 3 aromatic heterocycles. The topological polar surface area (TPSA) is 96.1 Å². The number of nitrogen functional groups attached to an aromatic ring is 1. The highest BCUT2D eigenvalue weighted by Crippen LogP contribution is 2.39. The molecule has 24 heavy (non-hydrogen) atoms. The molecule has 5 rings (SSSR count). The van der Waals surface area contributed by atoms with Gasteiger partial charge in [-0.25, -0.2) is 0 Å². The van der Waals surface area contributed by atoms with Crippen LogP contribution in [0, 0.1) is 11.3 Å². The Bertz CT molecular complexity index is 992. The molecule has 0 saturated heterocycles. The van der Waals surface area contributed by atoms with Gasteiger partial charge in [0.25, 0.3) is 0 Å². The molecule has 0 amide bonds. The zero-order valence-corrected chi connectivity index (χ0v) is 13.8. The first-order valence-electron chi connectivity index (χ1n) is 8.02. The van der Waals surface area contributed by atoms with Crippen LogP contribution < -0.4 is 10.6 Å². The third-order valence-corrected chi connectivity index (χ3v) is 5.78. The van der Waals surface area contributed by atoms with E-state index in [9.17, 15) is 5.26 Å². The van der Waals surface area contributed by atoms with E-state index in [4.69, 9.17) is 10.8 Å². The SMILES string of the molecule is N#Cc1c(N)sc2c1CCN(c1ccc3nnc(C4CC4)n3n1)C2. The summed E-state index contributed by atoms with van der Waals surface area (Å²) in [5.41, 5.74) is 8.55. The predicted octanol–water partition coefficient (Wildman–Crippen LogP) is 2.08. The maximum atomic E-state index is 9.26. The van der Waals surface area contributed by atoms with Gasteiger partial charge in [0.2, 0.25) is 0 Å². The molecule has 0 atom stereocenters. The minimum absolute atomic E-state index is 0.506. The number of thiophene rings is 1. The minimum atomic E-state index is 0.506. The Morgan fingerprint density at radius 2 is 2.17 bits per heavy atom. The maximum absolute atomic E-state index is 9.26. The first kappa shape index (κ1) is 13.7. The van der Waals surface area contributed by atoms with E-state index in [1.165, 1.54) is 29.1 Å². The Balaban J connectivity index is 1.51. The van der Waals surface area contributed by atoms with Gasteiger partial charge in [-0.1, -0.05) is 0 Å². The molecular formula is C16H15N7S. The molecule has 1 saturated carbocycles. The number of nitrogens with zero attached hydrogens (tertiary/aromatic N) is 6. The van der Waals surface area contributed by atoms with E-state index in [0.717, 1.165) is 42.4 Å². The van der Waals surface area contributed by atoms with Gasteiger partial charge < -0.3 is 10.6 Å². The summed E-state index contributed by atoms with van der Waals surface area (Å²) in [5.74, 6) is 2.39. The summed E-state index contributed by atoms with van der Waals surface area (Å²) >= 11 is 1.52. The molecule has 1 fully saturated rings. The number of fused-ring (bicyclic) bond motifs is 2. The lowest BCUT2D eigenvalue weighted by molar-refractivity contribution is 0.709. The second-order valence-corrected chi connectivity index (χ2v) is 7.46. The standard InChI is InChI=1S/C16H15N7S/c17-7-11-10-5-6-22(8-12(10)24-15(11)18)14-4-3-13-19-20-16(9-1-2-9)23(13)21-14/h3-4,9H,1-2,5-6,8,18H2. The summed E-state index contributed by atoms with van der Waals surface area (Å²) < 4.78 is 1.88. The van der Waals surface area contributed by atoms with Crippen molar-refractivity contribution in [1.82, 2.24) is 19.8 Å². The molecule has 8 heteroatoms. The Labute approximate surface area is 142 Å². The van der Waals surface area contributed by atoms with Crippen LogP contribution in [-0.2, 0) is 13.0 Å². The minimum Gasteiger partial charge on any atom is -0.389 e. The third kappa shape index (κ3) is 1.98. The van der Waals surface area contributed by atoms with Crippen LogP contribution in [0.5, 0.6) is 0 Å². The number of aromatic nitrogens is 4. The molecule has 1 aliphatic heterocycles. The highest BCUT2D eigenvalue weighted by atomic mass is 32.1. The normalized spacial score (nSPS) is 17.0. The van der Waals surface area contributed by atoms with Crippen molar-refractivity contribution >= 4 is 27.8 Å². The lowest BCUT2D eigenvalue weighted by atomic mass is 10.0. The molecule has 3 aromatic rings. The Morgan fingerprint density at radius 1 is 1.29 bits per heavy atom. The molecular weight excluding hydrogens is 322 g/mol. The van der Waals surface area contributed by atoms with Crippen LogP contribution in [0.3, 0.4) is 0 Å². The van der Waals surface area contributed by atoms with Crippen LogP contribution in [0.2, 0.25) is 0 Å². The molecule has 0 aromatic carbocycles. The van der Waals surface area contributed by atoms with Gasteiger partial charge in [0.05, 0.1) is 12.1 Å². The van der Waals surface area contributed by atoms with E-state index >= 15 is 0 Å². The van der Waals surface area contributed by atoms with E-state index in [1.807, 2.05) is 16.6 Å². The van der Waals surface area contributed by atoms with Gasteiger partial charge >= 0.3 is 0 Å². The molecule has 0 radical (unpaired) electrons. The van der Waals surface area contributed by atoms with Gasteiger partial charge in [-0.3, -0.25) is 0 Å². The summed E-state index contributed by atoms with van der Waals surface area (Å²) in [6.07, 6.45) is 3.17. The number of nitrogens with two attached hydrogens (primary N) is 1. The third-order valence-electron chi connectivity index (χ3n) is 4.74. The average molecular weight is 337 g/mol. The quantitative estimate of drug-likeness (QED) is 0.769. The predicted molar refractivity (Wildman–Crippen MR) is 91.0 cm³/mol. The largest absolute Gasteiger partial charge is 0.389 e. The highest BCUT2D eigenvalue weighted by Gasteiger charge is 2.30. The molecule has 0 unspecified atom stereocenters. The molecule has 2 N–H and O–H groups in total. The van der Waals surface area contributed by atoms with Gasteiger partial charge in [0.15, 0.2) is 11.5 Å². The maximum Gasteiger partial charge on any atom is 0.178 e. The van der Waals surface area contributed by atoms with Crippen LogP contribution in [0.25, 0.3) is 5.65 Å². The zero-order valence-electron chi connectivity index (χ0n) is 12.9. The van der Waals surface area contributed by atoms with Gasteiger partial charge in [0, 0.05) is 17.3 Å². The van der Waals surface area contributed by atoms with Crippen molar-refractivity contribution in [2.24, 2.45) is 0 Å². The van der Waals surface area contributed by atoms with Crippen molar-refractivity contribution in [3.63, 3.8) is 0 Å². The van der Waals surface area contributed by atoms with E-state index in [-0.39, 0.29) is 0 Å². The molecule has 0 bridgehead atoms. The summed E-state index contributed by atoms with van der Waals surface area (Å²) in [6.45, 7) is 1.57. The second kappa shape index (κ2) is 4.92. The second-order valence-electron chi connectivity index (χ2n) is 6.32. The average Bonchev–Trinajstić information content (AvgIpc) is 3.27. The fraction of sp³-hybridized carbons (Fsp3) is 0.375. The first-order chi connectivity index (χ1) is 11.7. The summed E-state index contributed by atoms with van der Waals surface area (Å²) in [7, 11) is 0. The Morgan fingerprint density at radius 3 is 2.96 bits per heavy atom. The molecule has 2 aliphatic rings. The fourth-order valence-corrected chi connectivity index (χ4v) is 4.39. The number of anilines is 2. The molecule has 4 heterocycles. The van der Waals surface area contributed by atoms with Gasteiger partial charge in [-0.15, -0.1) is 26.6 Å². The smallest absolute Gasteiger partial charge is 0.178 e. The highest BCUT2D eigenvalue weighted by molar-refractivity contribution is 7.16. The van der Waals surface area contributed by atoms with E-state index in [1.54, 1.807) is 0 Å². The lowest BCUT2D eigenvalue weighted by Gasteiger charge is -2.27. The fourth-order valence-electron chi connectivity index (χ4n) is 3.30. The van der Waals surface area contributed by atoms with E-state index in [2.05, 4.69) is 21.2 Å². The molecule has 120 valence electrons. The molecule has 0 spiro atoms.